The van der Waals surface area contributed by atoms with Crippen molar-refractivity contribution < 1.29 is 29.1 Å². The number of ketones is 2. The van der Waals surface area contributed by atoms with E-state index in [9.17, 15) is 29.1 Å². The van der Waals surface area contributed by atoms with Crippen molar-refractivity contribution in [3.8, 4) is 0 Å². The van der Waals surface area contributed by atoms with Crippen LogP contribution in [-0.2, 0) is 30.4 Å². The molecular weight excluding hydrogens is 600 g/mol. The number of benzene rings is 1. The van der Waals surface area contributed by atoms with Crippen molar-refractivity contribution in [1.29, 1.82) is 0 Å². The number of carbonyl (C=O) groups is 5. The second-order valence-corrected chi connectivity index (χ2v) is 12.1. The number of pyridine rings is 1. The highest BCUT2D eigenvalue weighted by atomic mass is 16.3. The number of rotatable bonds is 12. The number of fused-ring (bicyclic) bond motifs is 1. The van der Waals surface area contributed by atoms with Crippen LogP contribution in [0.2, 0.25) is 0 Å². The van der Waals surface area contributed by atoms with Crippen LogP contribution in [0.5, 0.6) is 0 Å². The molecule has 3 amide bonds. The van der Waals surface area contributed by atoms with Gasteiger partial charge in [0.05, 0.1) is 30.0 Å². The van der Waals surface area contributed by atoms with Gasteiger partial charge in [0.1, 0.15) is 12.1 Å². The molecule has 1 saturated heterocycles. The van der Waals surface area contributed by atoms with E-state index in [4.69, 9.17) is 10.7 Å². The average Bonchev–Trinajstić information content (AvgIpc) is 3.07. The van der Waals surface area contributed by atoms with Crippen molar-refractivity contribution in [2.45, 2.75) is 84.8 Å². The van der Waals surface area contributed by atoms with E-state index in [1.807, 2.05) is 19.1 Å². The number of nitrogens with zero attached hydrogens (tertiary/aromatic N) is 2. The van der Waals surface area contributed by atoms with Crippen LogP contribution in [0.4, 0.5) is 11.4 Å². The maximum atomic E-state index is 13.0. The van der Waals surface area contributed by atoms with Gasteiger partial charge < -0.3 is 31.7 Å². The summed E-state index contributed by atoms with van der Waals surface area (Å²) in [7, 11) is 0. The number of aliphatic hydroxyl groups excluding tert-OH is 1. The standard InChI is InChI=1S/C35H46N6O6/c1-5-22(16-26-25(21(4)42)11-13-29(43)34(26)46)32-24(6-2)33(41-14-8-7-9-15-41)27-17-23(10-12-28(27)40-32)39-35(47)20(3)38-31(45)19-37-30(44)18-36/h10,12,16-17,20,34,46H,5-9,11,13-15,18-19,36H2,1-4H3,(H,37,44)(H,38,45)(H,39,47)/b22-16+. The zero-order chi connectivity index (χ0) is 34.2. The molecule has 1 aromatic carbocycles. The Morgan fingerprint density at radius 3 is 2.47 bits per heavy atom. The smallest absolute Gasteiger partial charge is 0.246 e. The SMILES string of the molecule is CC/C(=C\C1=C(C(C)=O)CCC(=O)C1O)c1nc2ccc(NC(=O)C(C)NC(=O)CNC(=O)CN)cc2c(N2CCCCC2)c1CC. The molecule has 12 heteroatoms. The van der Waals surface area contributed by atoms with E-state index in [0.717, 1.165) is 60.3 Å². The van der Waals surface area contributed by atoms with Gasteiger partial charge in [0.15, 0.2) is 11.6 Å². The summed E-state index contributed by atoms with van der Waals surface area (Å²) in [6.45, 7) is 8.29. The van der Waals surface area contributed by atoms with Gasteiger partial charge in [-0.3, -0.25) is 24.0 Å². The monoisotopic (exact) mass is 646 g/mol. The van der Waals surface area contributed by atoms with Gasteiger partial charge in [0, 0.05) is 41.7 Å². The Bertz CT molecular complexity index is 1620. The largest absolute Gasteiger partial charge is 0.381 e. The number of aliphatic hydroxyl groups is 1. The van der Waals surface area contributed by atoms with Crippen LogP contribution >= 0.6 is 0 Å². The van der Waals surface area contributed by atoms with Crippen LogP contribution in [0.1, 0.15) is 77.5 Å². The number of amides is 3. The topological polar surface area (TPSA) is 184 Å². The van der Waals surface area contributed by atoms with Crippen molar-refractivity contribution >= 4 is 57.1 Å². The third kappa shape index (κ3) is 8.30. The summed E-state index contributed by atoms with van der Waals surface area (Å²) in [5, 5.41) is 19.6. The third-order valence-electron chi connectivity index (χ3n) is 8.76. The Morgan fingerprint density at radius 2 is 1.83 bits per heavy atom. The maximum Gasteiger partial charge on any atom is 0.246 e. The number of Topliss-reactive ketones (excluding diaryl/α,β-unsaturated/α-hetero) is 2. The third-order valence-corrected chi connectivity index (χ3v) is 8.76. The summed E-state index contributed by atoms with van der Waals surface area (Å²) < 4.78 is 0. The second-order valence-electron chi connectivity index (χ2n) is 12.1. The minimum atomic E-state index is -1.35. The summed E-state index contributed by atoms with van der Waals surface area (Å²) in [4.78, 5) is 69.1. The molecular formula is C35H46N6O6. The first-order chi connectivity index (χ1) is 22.5. The van der Waals surface area contributed by atoms with Crippen molar-refractivity contribution in [2.24, 2.45) is 5.73 Å². The van der Waals surface area contributed by atoms with Crippen molar-refractivity contribution in [3.63, 3.8) is 0 Å². The number of allylic oxidation sites excluding steroid dienone is 2. The lowest BCUT2D eigenvalue weighted by Gasteiger charge is -2.33. The molecule has 1 aliphatic heterocycles. The Kier molecular flexibility index (Phi) is 12.0. The van der Waals surface area contributed by atoms with Gasteiger partial charge >= 0.3 is 0 Å². The van der Waals surface area contributed by atoms with Crippen molar-refractivity contribution in [3.05, 3.63) is 46.7 Å². The molecule has 2 atom stereocenters. The summed E-state index contributed by atoms with van der Waals surface area (Å²) in [5.74, 6) is -1.86. The Labute approximate surface area is 275 Å². The van der Waals surface area contributed by atoms with E-state index in [1.54, 1.807) is 19.1 Å². The van der Waals surface area contributed by atoms with Gasteiger partial charge in [-0.1, -0.05) is 19.9 Å². The minimum Gasteiger partial charge on any atom is -0.381 e. The first-order valence-corrected chi connectivity index (χ1v) is 16.4. The molecule has 1 aliphatic carbocycles. The van der Waals surface area contributed by atoms with Gasteiger partial charge in [-0.25, -0.2) is 4.98 Å². The number of nitrogens with one attached hydrogen (secondary N) is 3. The summed E-state index contributed by atoms with van der Waals surface area (Å²) in [5.41, 5.74) is 11.0. The molecule has 4 rings (SSSR count). The fourth-order valence-electron chi connectivity index (χ4n) is 6.24. The predicted molar refractivity (Wildman–Crippen MR) is 182 cm³/mol. The van der Waals surface area contributed by atoms with Crippen molar-refractivity contribution in [2.75, 3.05) is 36.4 Å². The van der Waals surface area contributed by atoms with Gasteiger partial charge in [-0.05, 0) is 81.7 Å². The van der Waals surface area contributed by atoms with Crippen LogP contribution in [-0.4, -0.2) is 77.7 Å². The van der Waals surface area contributed by atoms with Gasteiger partial charge in [0.2, 0.25) is 17.7 Å². The number of hydrogen-bond acceptors (Lipinski definition) is 9. The van der Waals surface area contributed by atoms with E-state index in [-0.39, 0.29) is 31.1 Å². The van der Waals surface area contributed by atoms with E-state index in [1.165, 1.54) is 6.92 Å². The lowest BCUT2D eigenvalue weighted by Crippen LogP contribution is -2.46. The number of anilines is 2. The number of nitrogens with two attached hydrogens (primary N) is 1. The van der Waals surface area contributed by atoms with Crippen LogP contribution in [0.15, 0.2) is 35.4 Å². The highest BCUT2D eigenvalue weighted by Crippen LogP contribution is 2.39. The number of hydrogen-bond donors (Lipinski definition) is 5. The van der Waals surface area contributed by atoms with Crippen LogP contribution in [0, 0.1) is 0 Å². The summed E-state index contributed by atoms with van der Waals surface area (Å²) in [6.07, 6.45) is 5.33. The van der Waals surface area contributed by atoms with Crippen molar-refractivity contribution in [1.82, 2.24) is 15.6 Å². The quantitative estimate of drug-likeness (QED) is 0.231. The molecule has 2 unspecified atom stereocenters. The highest BCUT2D eigenvalue weighted by molar-refractivity contribution is 6.03. The lowest BCUT2D eigenvalue weighted by molar-refractivity contribution is -0.127. The zero-order valence-corrected chi connectivity index (χ0v) is 27.7. The molecule has 2 aromatic rings. The van der Waals surface area contributed by atoms with Crippen LogP contribution < -0.4 is 26.6 Å². The number of carbonyl (C=O) groups excluding carboxylic acids is 5. The normalized spacial score (nSPS) is 17.8. The molecule has 0 radical (unpaired) electrons. The first-order valence-electron chi connectivity index (χ1n) is 16.4. The molecule has 2 aliphatic rings. The molecule has 6 N–H and O–H groups in total. The molecule has 0 spiro atoms. The maximum absolute atomic E-state index is 13.0. The highest BCUT2D eigenvalue weighted by Gasteiger charge is 2.30. The Balaban J connectivity index is 1.76. The molecule has 12 nitrogen and oxygen atoms in total. The average molecular weight is 647 g/mol. The summed E-state index contributed by atoms with van der Waals surface area (Å²) in [6, 6.07) is 4.64. The number of aromatic nitrogens is 1. The lowest BCUT2D eigenvalue weighted by atomic mass is 9.84. The van der Waals surface area contributed by atoms with Gasteiger partial charge in [-0.2, -0.15) is 0 Å². The van der Waals surface area contributed by atoms with Crippen LogP contribution in [0.3, 0.4) is 0 Å². The Hall–Kier alpha value is -4.42. The predicted octanol–water partition coefficient (Wildman–Crippen LogP) is 2.71. The van der Waals surface area contributed by atoms with E-state index < -0.39 is 29.9 Å². The zero-order valence-electron chi connectivity index (χ0n) is 27.7. The van der Waals surface area contributed by atoms with Gasteiger partial charge in [0.25, 0.3) is 0 Å². The van der Waals surface area contributed by atoms with E-state index in [2.05, 4.69) is 27.8 Å². The fourth-order valence-corrected chi connectivity index (χ4v) is 6.24. The number of piperidine rings is 1. The van der Waals surface area contributed by atoms with E-state index >= 15 is 0 Å². The molecule has 0 saturated carbocycles. The molecule has 1 aromatic heterocycles. The second kappa shape index (κ2) is 15.9. The van der Waals surface area contributed by atoms with Crippen LogP contribution in [0.25, 0.3) is 16.5 Å². The van der Waals surface area contributed by atoms with Gasteiger partial charge in [-0.15, -0.1) is 0 Å². The molecule has 47 heavy (non-hydrogen) atoms. The Morgan fingerprint density at radius 1 is 1.11 bits per heavy atom. The summed E-state index contributed by atoms with van der Waals surface area (Å²) >= 11 is 0. The minimum absolute atomic E-state index is 0.138. The molecule has 252 valence electrons. The molecule has 2 heterocycles. The molecule has 0 bridgehead atoms. The fraction of sp³-hybridized carbons (Fsp3) is 0.486. The first kappa shape index (κ1) is 35.4. The van der Waals surface area contributed by atoms with E-state index in [0.29, 0.717) is 41.6 Å². The molecule has 1 fully saturated rings.